The van der Waals surface area contributed by atoms with Crippen molar-refractivity contribution in [2.75, 3.05) is 30.4 Å². The Hall–Kier alpha value is -2.56. The lowest BCUT2D eigenvalue weighted by atomic mass is 10.2. The highest BCUT2D eigenvalue weighted by Gasteiger charge is 2.26. The minimum Gasteiger partial charge on any atom is -0.394 e. The Kier molecular flexibility index (Phi) is 5.01. The van der Waals surface area contributed by atoms with Crippen molar-refractivity contribution in [1.29, 1.82) is 0 Å². The van der Waals surface area contributed by atoms with Crippen molar-refractivity contribution in [3.8, 4) is 0 Å². The van der Waals surface area contributed by atoms with E-state index in [9.17, 15) is 9.32 Å². The van der Waals surface area contributed by atoms with Gasteiger partial charge in [-0.3, -0.25) is 0 Å². The van der Waals surface area contributed by atoms with Crippen molar-refractivity contribution >= 4 is 39.3 Å². The van der Waals surface area contributed by atoms with E-state index in [2.05, 4.69) is 34.9 Å². The van der Waals surface area contributed by atoms with Gasteiger partial charge in [-0.1, -0.05) is 0 Å². The van der Waals surface area contributed by atoms with Gasteiger partial charge in [-0.15, -0.1) is 0 Å². The second-order valence-corrected chi connectivity index (χ2v) is 7.69. The summed E-state index contributed by atoms with van der Waals surface area (Å²) >= 11 is 0. The molecule has 1 aliphatic heterocycles. The molecule has 2 aromatic heterocycles. The average Bonchev–Trinajstić information content (AvgIpc) is 3.36. The molecule has 3 aromatic rings. The predicted molar refractivity (Wildman–Crippen MR) is 104 cm³/mol. The molecular formula is C17H21N7O2S. The van der Waals surface area contributed by atoms with Gasteiger partial charge >= 0.3 is 0 Å². The molecule has 4 N–H and O–H groups in total. The Labute approximate surface area is 158 Å². The smallest absolute Gasteiger partial charge is 0.182 e. The van der Waals surface area contributed by atoms with Crippen LogP contribution in [0.25, 0.3) is 11.2 Å². The largest absolute Gasteiger partial charge is 0.394 e. The van der Waals surface area contributed by atoms with E-state index in [1.807, 2.05) is 18.2 Å². The van der Waals surface area contributed by atoms with Gasteiger partial charge in [0.15, 0.2) is 11.5 Å². The maximum absolute atomic E-state index is 12.2. The highest BCUT2D eigenvalue weighted by molar-refractivity contribution is 7.83. The SMILES string of the molecule is CNS(=O)c1ccc(N2CCCC2CO)c(Nc2ncnc3nc[nH]c23)c1. The van der Waals surface area contributed by atoms with Crippen molar-refractivity contribution in [1.82, 2.24) is 24.7 Å². The van der Waals surface area contributed by atoms with Crippen molar-refractivity contribution in [3.63, 3.8) is 0 Å². The van der Waals surface area contributed by atoms with Crippen LogP contribution in [0.1, 0.15) is 12.8 Å². The van der Waals surface area contributed by atoms with Crippen LogP contribution in [0, 0.1) is 0 Å². The number of fused-ring (bicyclic) bond motifs is 1. The van der Waals surface area contributed by atoms with Crippen LogP contribution < -0.4 is 14.9 Å². The molecule has 1 aromatic carbocycles. The second kappa shape index (κ2) is 7.59. The summed E-state index contributed by atoms with van der Waals surface area (Å²) in [5.41, 5.74) is 2.97. The van der Waals surface area contributed by atoms with Crippen molar-refractivity contribution < 1.29 is 9.32 Å². The second-order valence-electron chi connectivity index (χ2n) is 6.27. The van der Waals surface area contributed by atoms with E-state index in [4.69, 9.17) is 0 Å². The topological polar surface area (TPSA) is 119 Å². The number of nitrogens with one attached hydrogen (secondary N) is 3. The monoisotopic (exact) mass is 387 g/mol. The standard InChI is InChI=1S/C17H21N7O2S/c1-18-27(26)12-4-5-14(24-6-2-3-11(24)8-25)13(7-12)23-17-15-16(20-9-19-15)21-10-22-17/h4-5,7,9-11,18,25H,2-3,6,8H2,1H3,(H2,19,20,21,22,23). The van der Waals surface area contributed by atoms with Gasteiger partial charge < -0.3 is 20.3 Å². The summed E-state index contributed by atoms with van der Waals surface area (Å²) in [5.74, 6) is 0.589. The van der Waals surface area contributed by atoms with E-state index >= 15 is 0 Å². The molecule has 0 radical (unpaired) electrons. The zero-order valence-electron chi connectivity index (χ0n) is 14.8. The number of aliphatic hydroxyl groups excluding tert-OH is 1. The Morgan fingerprint density at radius 3 is 3.07 bits per heavy atom. The third-order valence-corrected chi connectivity index (χ3v) is 5.79. The summed E-state index contributed by atoms with van der Waals surface area (Å²) in [7, 11) is 0.342. The molecule has 142 valence electrons. The molecule has 2 unspecified atom stereocenters. The quantitative estimate of drug-likeness (QED) is 0.503. The Bertz CT molecular complexity index is 977. The number of hydrogen-bond donors (Lipinski definition) is 4. The number of aliphatic hydroxyl groups is 1. The van der Waals surface area contributed by atoms with Gasteiger partial charge in [0.25, 0.3) is 0 Å². The maximum atomic E-state index is 12.2. The number of H-pyrrole nitrogens is 1. The molecule has 0 spiro atoms. The molecule has 0 saturated carbocycles. The fraction of sp³-hybridized carbons (Fsp3) is 0.353. The number of aromatic amines is 1. The fourth-order valence-corrected chi connectivity index (χ4v) is 4.08. The number of aromatic nitrogens is 4. The number of benzene rings is 1. The van der Waals surface area contributed by atoms with Gasteiger partial charge in [0.1, 0.15) is 22.8 Å². The van der Waals surface area contributed by atoms with Gasteiger partial charge in [-0.25, -0.2) is 23.9 Å². The molecule has 0 aliphatic carbocycles. The van der Waals surface area contributed by atoms with Crippen LogP contribution in [0.5, 0.6) is 0 Å². The van der Waals surface area contributed by atoms with Gasteiger partial charge in [0.2, 0.25) is 0 Å². The van der Waals surface area contributed by atoms with Crippen LogP contribution in [0.15, 0.2) is 35.7 Å². The first-order valence-corrected chi connectivity index (χ1v) is 9.88. The first-order valence-electron chi connectivity index (χ1n) is 8.73. The number of hydrogen-bond acceptors (Lipinski definition) is 7. The lowest BCUT2D eigenvalue weighted by molar-refractivity contribution is 0.266. The number of anilines is 3. The summed E-state index contributed by atoms with van der Waals surface area (Å²) in [6.07, 6.45) is 4.99. The Morgan fingerprint density at radius 2 is 2.26 bits per heavy atom. The molecule has 3 heterocycles. The summed E-state index contributed by atoms with van der Waals surface area (Å²) in [6, 6.07) is 5.69. The van der Waals surface area contributed by atoms with Gasteiger partial charge in [0, 0.05) is 6.54 Å². The first kappa shape index (κ1) is 17.8. The predicted octanol–water partition coefficient (Wildman–Crippen LogP) is 1.30. The summed E-state index contributed by atoms with van der Waals surface area (Å²) in [5, 5.41) is 13.1. The minimum absolute atomic E-state index is 0.0729. The van der Waals surface area contributed by atoms with Crippen molar-refractivity contribution in [2.24, 2.45) is 0 Å². The van der Waals surface area contributed by atoms with E-state index in [0.717, 1.165) is 30.8 Å². The van der Waals surface area contributed by atoms with E-state index in [1.54, 1.807) is 13.4 Å². The van der Waals surface area contributed by atoms with Crippen LogP contribution in [0.3, 0.4) is 0 Å². The highest BCUT2D eigenvalue weighted by atomic mass is 32.2. The van der Waals surface area contributed by atoms with Crippen LogP contribution in [-0.2, 0) is 11.0 Å². The number of rotatable bonds is 6. The van der Waals surface area contributed by atoms with E-state index in [0.29, 0.717) is 21.9 Å². The van der Waals surface area contributed by atoms with Crippen LogP contribution >= 0.6 is 0 Å². The van der Waals surface area contributed by atoms with Crippen molar-refractivity contribution in [3.05, 3.63) is 30.9 Å². The molecule has 9 nitrogen and oxygen atoms in total. The van der Waals surface area contributed by atoms with Crippen LogP contribution in [-0.4, -0.2) is 55.5 Å². The van der Waals surface area contributed by atoms with Crippen LogP contribution in [0.2, 0.25) is 0 Å². The summed E-state index contributed by atoms with van der Waals surface area (Å²) in [6.45, 7) is 0.958. The van der Waals surface area contributed by atoms with E-state index < -0.39 is 11.0 Å². The van der Waals surface area contributed by atoms with Crippen molar-refractivity contribution in [2.45, 2.75) is 23.8 Å². The molecule has 4 rings (SSSR count). The molecular weight excluding hydrogens is 366 g/mol. The number of imidazole rings is 1. The third kappa shape index (κ3) is 3.38. The Balaban J connectivity index is 1.78. The summed E-state index contributed by atoms with van der Waals surface area (Å²) in [4.78, 5) is 18.5. The van der Waals surface area contributed by atoms with E-state index in [1.165, 1.54) is 6.33 Å². The lowest BCUT2D eigenvalue weighted by Gasteiger charge is -2.28. The minimum atomic E-state index is -1.31. The molecule has 1 saturated heterocycles. The third-order valence-electron chi connectivity index (χ3n) is 4.74. The van der Waals surface area contributed by atoms with E-state index in [-0.39, 0.29) is 12.6 Å². The molecule has 1 aliphatic rings. The molecule has 1 fully saturated rings. The van der Waals surface area contributed by atoms with Gasteiger partial charge in [0.05, 0.1) is 35.2 Å². The zero-order valence-corrected chi connectivity index (χ0v) is 15.7. The molecule has 0 amide bonds. The van der Waals surface area contributed by atoms with Crippen LogP contribution in [0.4, 0.5) is 17.2 Å². The molecule has 10 heteroatoms. The lowest BCUT2D eigenvalue weighted by Crippen LogP contribution is -2.32. The van der Waals surface area contributed by atoms with Gasteiger partial charge in [-0.05, 0) is 38.1 Å². The molecule has 0 bridgehead atoms. The normalized spacial score (nSPS) is 18.1. The first-order chi connectivity index (χ1) is 13.2. The average molecular weight is 387 g/mol. The maximum Gasteiger partial charge on any atom is 0.182 e. The van der Waals surface area contributed by atoms with Gasteiger partial charge in [-0.2, -0.15) is 0 Å². The summed E-state index contributed by atoms with van der Waals surface area (Å²) < 4.78 is 15.0. The number of nitrogens with zero attached hydrogens (tertiary/aromatic N) is 4. The highest BCUT2D eigenvalue weighted by Crippen LogP contribution is 2.35. The fourth-order valence-electron chi connectivity index (χ4n) is 3.43. The molecule has 2 atom stereocenters. The zero-order chi connectivity index (χ0) is 18.8. The Morgan fingerprint density at radius 1 is 1.37 bits per heavy atom. The molecule has 27 heavy (non-hydrogen) atoms.